The number of guanidine groups is 1. The number of ether oxygens (including phenoxy) is 1. The van der Waals surface area contributed by atoms with Gasteiger partial charge in [-0.25, -0.2) is 18.1 Å². The second-order valence-corrected chi connectivity index (χ2v) is 9.74. The number of aliphatic imine (C=N–C) groups is 1. The molecule has 2 heterocycles. The second kappa shape index (κ2) is 12.2. The van der Waals surface area contributed by atoms with E-state index >= 15 is 0 Å². The molecule has 1 atom stereocenters. The van der Waals surface area contributed by atoms with Crippen LogP contribution in [0.2, 0.25) is 0 Å². The predicted molar refractivity (Wildman–Crippen MR) is 131 cm³/mol. The third-order valence-electron chi connectivity index (χ3n) is 5.59. The third kappa shape index (κ3) is 7.35. The number of nitrogens with zero attached hydrogens (tertiary/aromatic N) is 2. The molecule has 3 rings (SSSR count). The van der Waals surface area contributed by atoms with Crippen molar-refractivity contribution in [3.63, 3.8) is 0 Å². The fourth-order valence-electron chi connectivity index (χ4n) is 3.68. The van der Waals surface area contributed by atoms with Gasteiger partial charge in [-0.1, -0.05) is 19.1 Å². The van der Waals surface area contributed by atoms with Crippen LogP contribution in [0.15, 0.2) is 34.2 Å². The van der Waals surface area contributed by atoms with E-state index in [1.165, 1.54) is 12.8 Å². The van der Waals surface area contributed by atoms with E-state index in [1.807, 2.05) is 12.1 Å². The predicted octanol–water partition coefficient (Wildman–Crippen LogP) is 2.96. The zero-order chi connectivity index (χ0) is 20.7. The molecule has 0 bridgehead atoms. The fraction of sp³-hybridized carbons (Fsp3) is 0.667. The number of hydrogen-bond donors (Lipinski definition) is 2. The molecular formula is C21H35IN4O3S. The van der Waals surface area contributed by atoms with E-state index in [0.717, 1.165) is 49.9 Å². The Hall–Kier alpha value is -0.910. The third-order valence-corrected chi connectivity index (χ3v) is 7.03. The van der Waals surface area contributed by atoms with Crippen LogP contribution in [0, 0.1) is 5.92 Å². The summed E-state index contributed by atoms with van der Waals surface area (Å²) in [6, 6.07) is 6.98. The smallest absolute Gasteiger partial charge is 0.240 e. The van der Waals surface area contributed by atoms with E-state index in [4.69, 9.17) is 9.73 Å². The Balaban J connectivity index is 0.00000320. The maximum absolute atomic E-state index is 12.5. The minimum Gasteiger partial charge on any atom is -0.377 e. The van der Waals surface area contributed by atoms with Crippen molar-refractivity contribution in [3.8, 4) is 0 Å². The second-order valence-electron chi connectivity index (χ2n) is 7.97. The summed E-state index contributed by atoms with van der Waals surface area (Å²) in [5.41, 5.74) is 0.990. The van der Waals surface area contributed by atoms with Gasteiger partial charge in [-0.3, -0.25) is 0 Å². The van der Waals surface area contributed by atoms with Crippen molar-refractivity contribution in [3.05, 3.63) is 29.8 Å². The standard InChI is InChI=1S/C21H34N4O3S.HI/c1-3-22-21(25-12-10-17(2)11-13-25)23-15-18-6-8-20(9-7-18)29(26,27)24-16-19-5-4-14-28-19;/h6-9,17,19,24H,3-5,10-16H2,1-2H3,(H,22,23);1H. The number of benzene rings is 1. The van der Waals surface area contributed by atoms with Crippen molar-refractivity contribution in [1.29, 1.82) is 0 Å². The van der Waals surface area contributed by atoms with Crippen LogP contribution in [-0.2, 0) is 21.3 Å². The first-order chi connectivity index (χ1) is 14.0. The van der Waals surface area contributed by atoms with Gasteiger partial charge in [0, 0.05) is 32.8 Å². The molecule has 0 aromatic heterocycles. The van der Waals surface area contributed by atoms with E-state index in [0.29, 0.717) is 19.7 Å². The Labute approximate surface area is 198 Å². The lowest BCUT2D eigenvalue weighted by atomic mass is 10.00. The highest BCUT2D eigenvalue weighted by Crippen LogP contribution is 2.17. The van der Waals surface area contributed by atoms with Crippen molar-refractivity contribution in [2.45, 2.75) is 57.1 Å². The van der Waals surface area contributed by atoms with E-state index in [1.54, 1.807) is 12.1 Å². The molecule has 9 heteroatoms. The van der Waals surface area contributed by atoms with Gasteiger partial charge in [0.2, 0.25) is 10.0 Å². The van der Waals surface area contributed by atoms with Gasteiger partial charge in [-0.15, -0.1) is 24.0 Å². The number of likely N-dealkylation sites (tertiary alicyclic amines) is 1. The van der Waals surface area contributed by atoms with Gasteiger partial charge in [0.05, 0.1) is 17.5 Å². The number of rotatable bonds is 7. The molecule has 30 heavy (non-hydrogen) atoms. The van der Waals surface area contributed by atoms with Crippen LogP contribution in [0.3, 0.4) is 0 Å². The molecule has 0 saturated carbocycles. The Morgan fingerprint density at radius 2 is 1.90 bits per heavy atom. The van der Waals surface area contributed by atoms with E-state index in [2.05, 4.69) is 28.8 Å². The average molecular weight is 551 g/mol. The average Bonchev–Trinajstić information content (AvgIpc) is 3.25. The Kier molecular flexibility index (Phi) is 10.3. The maximum atomic E-state index is 12.5. The van der Waals surface area contributed by atoms with Crippen LogP contribution in [0.25, 0.3) is 0 Å². The normalized spacial score (nSPS) is 20.8. The van der Waals surface area contributed by atoms with Crippen molar-refractivity contribution < 1.29 is 13.2 Å². The van der Waals surface area contributed by atoms with Crippen molar-refractivity contribution >= 4 is 40.0 Å². The molecule has 1 aromatic carbocycles. The lowest BCUT2D eigenvalue weighted by Gasteiger charge is -2.33. The molecule has 2 aliphatic rings. The van der Waals surface area contributed by atoms with Gasteiger partial charge in [0.15, 0.2) is 5.96 Å². The minimum atomic E-state index is -3.51. The summed E-state index contributed by atoms with van der Waals surface area (Å²) < 4.78 is 33.1. The van der Waals surface area contributed by atoms with Crippen LogP contribution in [0.4, 0.5) is 0 Å². The van der Waals surface area contributed by atoms with Crippen LogP contribution < -0.4 is 10.0 Å². The molecule has 0 spiro atoms. The molecule has 2 fully saturated rings. The maximum Gasteiger partial charge on any atom is 0.240 e. The summed E-state index contributed by atoms with van der Waals surface area (Å²) in [4.78, 5) is 7.36. The molecule has 2 aliphatic heterocycles. The molecular weight excluding hydrogens is 515 g/mol. The number of halogens is 1. The van der Waals surface area contributed by atoms with Gasteiger partial charge in [0.1, 0.15) is 0 Å². The van der Waals surface area contributed by atoms with Crippen molar-refractivity contribution in [2.75, 3.05) is 32.8 Å². The molecule has 0 amide bonds. The fourth-order valence-corrected chi connectivity index (χ4v) is 4.74. The molecule has 2 saturated heterocycles. The van der Waals surface area contributed by atoms with Crippen LogP contribution >= 0.6 is 24.0 Å². The van der Waals surface area contributed by atoms with Gasteiger partial charge in [-0.2, -0.15) is 0 Å². The number of hydrogen-bond acceptors (Lipinski definition) is 4. The molecule has 7 nitrogen and oxygen atoms in total. The van der Waals surface area contributed by atoms with Gasteiger partial charge in [-0.05, 0) is 56.2 Å². The minimum absolute atomic E-state index is 0. The highest BCUT2D eigenvalue weighted by atomic mass is 127. The van der Waals surface area contributed by atoms with E-state index < -0.39 is 10.0 Å². The summed E-state index contributed by atoms with van der Waals surface area (Å²) in [7, 11) is -3.51. The largest absolute Gasteiger partial charge is 0.377 e. The highest BCUT2D eigenvalue weighted by molar-refractivity contribution is 14.0. The summed E-state index contributed by atoms with van der Waals surface area (Å²) in [5.74, 6) is 1.71. The van der Waals surface area contributed by atoms with Crippen molar-refractivity contribution in [1.82, 2.24) is 14.9 Å². The zero-order valence-electron chi connectivity index (χ0n) is 18.0. The quantitative estimate of drug-likeness (QED) is 0.310. The monoisotopic (exact) mass is 550 g/mol. The van der Waals surface area contributed by atoms with Gasteiger partial charge >= 0.3 is 0 Å². The van der Waals surface area contributed by atoms with Crippen LogP contribution in [0.1, 0.15) is 45.1 Å². The van der Waals surface area contributed by atoms with Crippen molar-refractivity contribution in [2.24, 2.45) is 10.9 Å². The molecule has 170 valence electrons. The lowest BCUT2D eigenvalue weighted by molar-refractivity contribution is 0.114. The lowest BCUT2D eigenvalue weighted by Crippen LogP contribution is -2.45. The number of piperidine rings is 1. The Morgan fingerprint density at radius 3 is 2.50 bits per heavy atom. The summed E-state index contributed by atoms with van der Waals surface area (Å²) >= 11 is 0. The van der Waals surface area contributed by atoms with E-state index in [-0.39, 0.29) is 35.0 Å². The Morgan fingerprint density at radius 1 is 1.20 bits per heavy atom. The first-order valence-corrected chi connectivity index (χ1v) is 12.2. The Bertz CT molecular complexity index is 772. The highest BCUT2D eigenvalue weighted by Gasteiger charge is 2.21. The SMILES string of the molecule is CCNC(=NCc1ccc(S(=O)(=O)NCC2CCCO2)cc1)N1CCC(C)CC1.I. The van der Waals surface area contributed by atoms with E-state index in [9.17, 15) is 8.42 Å². The molecule has 1 unspecified atom stereocenters. The van der Waals surface area contributed by atoms with Gasteiger partial charge in [0.25, 0.3) is 0 Å². The topological polar surface area (TPSA) is 83.0 Å². The zero-order valence-corrected chi connectivity index (χ0v) is 21.1. The number of nitrogens with one attached hydrogen (secondary N) is 2. The summed E-state index contributed by atoms with van der Waals surface area (Å²) in [6.07, 6.45) is 4.27. The van der Waals surface area contributed by atoms with Gasteiger partial charge < -0.3 is 15.0 Å². The van der Waals surface area contributed by atoms with Crippen LogP contribution in [0.5, 0.6) is 0 Å². The molecule has 0 aliphatic carbocycles. The summed E-state index contributed by atoms with van der Waals surface area (Å²) in [5, 5.41) is 3.37. The first-order valence-electron chi connectivity index (χ1n) is 10.7. The van der Waals surface area contributed by atoms with Crippen LogP contribution in [-0.4, -0.2) is 58.2 Å². The summed E-state index contributed by atoms with van der Waals surface area (Å²) in [6.45, 7) is 8.83. The molecule has 1 aromatic rings. The number of sulfonamides is 1. The first kappa shape index (κ1) is 25.4. The molecule has 0 radical (unpaired) electrons. The molecule has 2 N–H and O–H groups in total.